The molecule has 1 heterocycles. The second kappa shape index (κ2) is 4.06. The average Bonchev–Trinajstić information content (AvgIpc) is 3.07. The Labute approximate surface area is 101 Å². The van der Waals surface area contributed by atoms with Crippen molar-refractivity contribution in [3.05, 3.63) is 29.3 Å². The number of hydrogen-bond donors (Lipinski definition) is 1. The van der Waals surface area contributed by atoms with Crippen LogP contribution >= 0.6 is 0 Å². The molecular weight excluding hydrogens is 214 g/mol. The van der Waals surface area contributed by atoms with E-state index in [1.165, 1.54) is 12.8 Å². The zero-order valence-corrected chi connectivity index (χ0v) is 10.0. The summed E-state index contributed by atoms with van der Waals surface area (Å²) in [4.78, 5) is 12.0. The first-order chi connectivity index (χ1) is 8.24. The summed E-state index contributed by atoms with van der Waals surface area (Å²) < 4.78 is 5.43. The van der Waals surface area contributed by atoms with Crippen molar-refractivity contribution in [1.29, 1.82) is 0 Å². The third kappa shape index (κ3) is 2.14. The average molecular weight is 231 g/mol. The van der Waals surface area contributed by atoms with Gasteiger partial charge in [-0.2, -0.15) is 0 Å². The van der Waals surface area contributed by atoms with Crippen molar-refractivity contribution < 1.29 is 9.53 Å². The molecule has 1 amide bonds. The Hall–Kier alpha value is -1.51. The van der Waals surface area contributed by atoms with Gasteiger partial charge in [-0.3, -0.25) is 4.79 Å². The summed E-state index contributed by atoms with van der Waals surface area (Å²) in [5.41, 5.74) is 1.90. The highest BCUT2D eigenvalue weighted by molar-refractivity contribution is 5.94. The van der Waals surface area contributed by atoms with E-state index in [2.05, 4.69) is 12.2 Å². The molecule has 1 aliphatic carbocycles. The molecule has 0 unspecified atom stereocenters. The van der Waals surface area contributed by atoms with E-state index in [0.29, 0.717) is 12.0 Å². The fourth-order valence-corrected chi connectivity index (χ4v) is 2.33. The molecular formula is C14H17NO2. The molecule has 0 radical (unpaired) electrons. The zero-order chi connectivity index (χ0) is 11.8. The molecule has 0 saturated heterocycles. The van der Waals surface area contributed by atoms with E-state index in [1.807, 2.05) is 18.2 Å². The number of carbonyl (C=O) groups is 1. The minimum absolute atomic E-state index is 0.0408. The third-order valence-electron chi connectivity index (χ3n) is 3.64. The standard InChI is InChI=1S/C14H17NO2/c1-9(10-2-3-10)15-14(16)12-4-5-13-11(8-12)6-7-17-13/h4-5,8-10H,2-3,6-7H2,1H3,(H,15,16)/t9-/m0/s1. The van der Waals surface area contributed by atoms with Gasteiger partial charge in [0.25, 0.3) is 5.91 Å². The van der Waals surface area contributed by atoms with E-state index in [1.54, 1.807) is 0 Å². The molecule has 3 rings (SSSR count). The Balaban J connectivity index is 1.72. The summed E-state index contributed by atoms with van der Waals surface area (Å²) in [6.07, 6.45) is 3.41. The number of hydrogen-bond acceptors (Lipinski definition) is 2. The molecule has 1 fully saturated rings. The zero-order valence-electron chi connectivity index (χ0n) is 10.0. The highest BCUT2D eigenvalue weighted by Gasteiger charge is 2.29. The van der Waals surface area contributed by atoms with Crippen LogP contribution in [0.25, 0.3) is 0 Å². The second-order valence-corrected chi connectivity index (χ2v) is 5.02. The molecule has 1 atom stereocenters. The normalized spacial score (nSPS) is 19.4. The van der Waals surface area contributed by atoms with E-state index >= 15 is 0 Å². The molecule has 1 N–H and O–H groups in total. The summed E-state index contributed by atoms with van der Waals surface area (Å²) in [5.74, 6) is 1.66. The maximum absolute atomic E-state index is 12.0. The monoisotopic (exact) mass is 231 g/mol. The molecule has 1 aliphatic heterocycles. The highest BCUT2D eigenvalue weighted by atomic mass is 16.5. The van der Waals surface area contributed by atoms with Crippen molar-refractivity contribution >= 4 is 5.91 Å². The van der Waals surface area contributed by atoms with Gasteiger partial charge in [-0.25, -0.2) is 0 Å². The van der Waals surface area contributed by atoms with Gasteiger partial charge in [0.1, 0.15) is 5.75 Å². The van der Waals surface area contributed by atoms with Crippen LogP contribution in [0.1, 0.15) is 35.7 Å². The van der Waals surface area contributed by atoms with Gasteiger partial charge in [-0.15, -0.1) is 0 Å². The first-order valence-corrected chi connectivity index (χ1v) is 6.30. The summed E-state index contributed by atoms with van der Waals surface area (Å²) in [7, 11) is 0. The molecule has 1 aromatic carbocycles. The minimum Gasteiger partial charge on any atom is -0.493 e. The van der Waals surface area contributed by atoms with Crippen LogP contribution in [0.2, 0.25) is 0 Å². The van der Waals surface area contributed by atoms with Gasteiger partial charge in [0.2, 0.25) is 0 Å². The molecule has 1 aromatic rings. The second-order valence-electron chi connectivity index (χ2n) is 5.02. The van der Waals surface area contributed by atoms with Crippen LogP contribution < -0.4 is 10.1 Å². The number of carbonyl (C=O) groups excluding carboxylic acids is 1. The van der Waals surface area contributed by atoms with Crippen molar-refractivity contribution in [2.24, 2.45) is 5.92 Å². The lowest BCUT2D eigenvalue weighted by molar-refractivity contribution is 0.0936. The van der Waals surface area contributed by atoms with Crippen molar-refractivity contribution in [3.63, 3.8) is 0 Å². The Morgan fingerprint density at radius 2 is 2.29 bits per heavy atom. The molecule has 90 valence electrons. The quantitative estimate of drug-likeness (QED) is 0.865. The number of benzene rings is 1. The predicted octanol–water partition coefficient (Wildman–Crippen LogP) is 2.15. The van der Waals surface area contributed by atoms with Gasteiger partial charge in [-0.05, 0) is 49.4 Å². The lowest BCUT2D eigenvalue weighted by Gasteiger charge is -2.13. The molecule has 0 aromatic heterocycles. The Morgan fingerprint density at radius 1 is 1.47 bits per heavy atom. The topological polar surface area (TPSA) is 38.3 Å². The third-order valence-corrected chi connectivity index (χ3v) is 3.64. The summed E-state index contributed by atoms with van der Waals surface area (Å²) in [6, 6.07) is 6.00. The predicted molar refractivity (Wildman–Crippen MR) is 65.3 cm³/mol. The van der Waals surface area contributed by atoms with Crippen LogP contribution in [-0.4, -0.2) is 18.6 Å². The van der Waals surface area contributed by atoms with Crippen molar-refractivity contribution in [2.45, 2.75) is 32.2 Å². The number of amides is 1. The van der Waals surface area contributed by atoms with Crippen LogP contribution in [0.4, 0.5) is 0 Å². The molecule has 3 nitrogen and oxygen atoms in total. The van der Waals surface area contributed by atoms with Crippen LogP contribution in [0, 0.1) is 5.92 Å². The van der Waals surface area contributed by atoms with Crippen molar-refractivity contribution in [1.82, 2.24) is 5.32 Å². The van der Waals surface area contributed by atoms with Gasteiger partial charge in [0.05, 0.1) is 6.61 Å². The maximum Gasteiger partial charge on any atom is 0.251 e. The SMILES string of the molecule is C[C@H](NC(=O)c1ccc2c(c1)CCO2)C1CC1. The summed E-state index contributed by atoms with van der Waals surface area (Å²) in [5, 5.41) is 3.07. The van der Waals surface area contributed by atoms with Crippen molar-refractivity contribution in [2.75, 3.05) is 6.61 Å². The van der Waals surface area contributed by atoms with Gasteiger partial charge < -0.3 is 10.1 Å². The van der Waals surface area contributed by atoms with Crippen LogP contribution in [-0.2, 0) is 6.42 Å². The molecule has 2 aliphatic rings. The highest BCUT2D eigenvalue weighted by Crippen LogP contribution is 2.32. The number of nitrogens with one attached hydrogen (secondary N) is 1. The Morgan fingerprint density at radius 3 is 3.06 bits per heavy atom. The smallest absolute Gasteiger partial charge is 0.251 e. The largest absolute Gasteiger partial charge is 0.493 e. The molecule has 1 saturated carbocycles. The van der Waals surface area contributed by atoms with Crippen LogP contribution in [0.3, 0.4) is 0 Å². The lowest BCUT2D eigenvalue weighted by atomic mass is 10.1. The van der Waals surface area contributed by atoms with Crippen LogP contribution in [0.5, 0.6) is 5.75 Å². The molecule has 17 heavy (non-hydrogen) atoms. The maximum atomic E-state index is 12.0. The van der Waals surface area contributed by atoms with Gasteiger partial charge in [-0.1, -0.05) is 0 Å². The van der Waals surface area contributed by atoms with Gasteiger partial charge in [0, 0.05) is 18.0 Å². The summed E-state index contributed by atoms with van der Waals surface area (Å²) in [6.45, 7) is 2.82. The van der Waals surface area contributed by atoms with E-state index in [0.717, 1.165) is 29.9 Å². The fourth-order valence-electron chi connectivity index (χ4n) is 2.33. The number of fused-ring (bicyclic) bond motifs is 1. The van der Waals surface area contributed by atoms with E-state index < -0.39 is 0 Å². The number of ether oxygens (including phenoxy) is 1. The first-order valence-electron chi connectivity index (χ1n) is 6.30. The molecule has 3 heteroatoms. The Bertz CT molecular complexity index is 452. The Kier molecular flexibility index (Phi) is 2.54. The number of rotatable bonds is 3. The van der Waals surface area contributed by atoms with Crippen molar-refractivity contribution in [3.8, 4) is 5.75 Å². The first kappa shape index (κ1) is 10.6. The molecule has 0 bridgehead atoms. The van der Waals surface area contributed by atoms with E-state index in [4.69, 9.17) is 4.74 Å². The molecule has 0 spiro atoms. The van der Waals surface area contributed by atoms with Crippen LogP contribution in [0.15, 0.2) is 18.2 Å². The fraction of sp³-hybridized carbons (Fsp3) is 0.500. The minimum atomic E-state index is 0.0408. The lowest BCUT2D eigenvalue weighted by Crippen LogP contribution is -2.33. The van der Waals surface area contributed by atoms with Gasteiger partial charge in [0.15, 0.2) is 0 Å². The van der Waals surface area contributed by atoms with E-state index in [9.17, 15) is 4.79 Å². The van der Waals surface area contributed by atoms with E-state index in [-0.39, 0.29) is 5.91 Å². The summed E-state index contributed by atoms with van der Waals surface area (Å²) >= 11 is 0. The van der Waals surface area contributed by atoms with Gasteiger partial charge >= 0.3 is 0 Å².